The van der Waals surface area contributed by atoms with Gasteiger partial charge in [0.1, 0.15) is 10.6 Å². The van der Waals surface area contributed by atoms with E-state index >= 15 is 0 Å². The van der Waals surface area contributed by atoms with Gasteiger partial charge in [-0.2, -0.15) is 0 Å². The van der Waals surface area contributed by atoms with E-state index in [-0.39, 0.29) is 6.10 Å². The Morgan fingerprint density at radius 2 is 1.81 bits per heavy atom. The Kier molecular flexibility index (Phi) is 6.04. The van der Waals surface area contributed by atoms with Crippen LogP contribution in [0.25, 0.3) is 10.1 Å². The summed E-state index contributed by atoms with van der Waals surface area (Å²) < 4.78 is 7.28. The molecule has 2 aromatic carbocycles. The lowest BCUT2D eigenvalue weighted by molar-refractivity contribution is 0.0845. The number of hydrogen-bond acceptors (Lipinski definition) is 4. The van der Waals surface area contributed by atoms with Crippen molar-refractivity contribution in [3.8, 4) is 5.75 Å². The van der Waals surface area contributed by atoms with Crippen LogP contribution in [0.15, 0.2) is 46.9 Å². The lowest BCUT2D eigenvalue weighted by Crippen LogP contribution is -2.41. The third-order valence-corrected chi connectivity index (χ3v) is 5.75. The standard InChI is InChI=1S/C19H16BrClN2O3S/c1-10(2)26-14-8-7-11(20)9-13(14)18(24)22-23-19(25)17-16(21)12-5-3-4-6-15(12)27-17/h3-10H,1-2H3,(H,22,24)(H,23,25). The van der Waals surface area contributed by atoms with Gasteiger partial charge < -0.3 is 4.74 Å². The maximum absolute atomic E-state index is 12.5. The molecule has 140 valence electrons. The average Bonchev–Trinajstić information content (AvgIpc) is 2.98. The van der Waals surface area contributed by atoms with Crippen LogP contribution in [0, 0.1) is 0 Å². The molecule has 3 rings (SSSR count). The summed E-state index contributed by atoms with van der Waals surface area (Å²) in [6, 6.07) is 12.6. The highest BCUT2D eigenvalue weighted by Gasteiger charge is 2.19. The first-order chi connectivity index (χ1) is 12.9. The number of ether oxygens (including phenoxy) is 1. The highest BCUT2D eigenvalue weighted by atomic mass is 79.9. The lowest BCUT2D eigenvalue weighted by Gasteiger charge is -2.14. The summed E-state index contributed by atoms with van der Waals surface area (Å²) in [4.78, 5) is 25.3. The van der Waals surface area contributed by atoms with E-state index in [2.05, 4.69) is 26.8 Å². The number of amides is 2. The van der Waals surface area contributed by atoms with Crippen LogP contribution in [-0.2, 0) is 0 Å². The van der Waals surface area contributed by atoms with Crippen LogP contribution in [0.1, 0.15) is 33.9 Å². The first kappa shape index (κ1) is 19.7. The van der Waals surface area contributed by atoms with Crippen LogP contribution in [0.2, 0.25) is 5.02 Å². The fourth-order valence-corrected chi connectivity index (χ4v) is 4.21. The zero-order valence-electron chi connectivity index (χ0n) is 14.5. The quantitative estimate of drug-likeness (QED) is 0.520. The molecule has 0 spiro atoms. The summed E-state index contributed by atoms with van der Waals surface area (Å²) >= 11 is 10.9. The number of halogens is 2. The van der Waals surface area contributed by atoms with Crippen LogP contribution in [0.4, 0.5) is 0 Å². The Bertz CT molecular complexity index is 1020. The molecule has 0 atom stereocenters. The van der Waals surface area contributed by atoms with E-state index in [4.69, 9.17) is 16.3 Å². The Hall–Kier alpha value is -2.09. The number of hydrazine groups is 1. The van der Waals surface area contributed by atoms with Gasteiger partial charge in [-0.15, -0.1) is 11.3 Å². The van der Waals surface area contributed by atoms with E-state index in [0.29, 0.717) is 21.2 Å². The SMILES string of the molecule is CC(C)Oc1ccc(Br)cc1C(=O)NNC(=O)c1sc2ccccc2c1Cl. The minimum atomic E-state index is -0.488. The molecule has 0 saturated heterocycles. The normalized spacial score (nSPS) is 10.9. The number of thiophene rings is 1. The Balaban J connectivity index is 1.76. The molecule has 0 unspecified atom stereocenters. The molecule has 0 aliphatic carbocycles. The van der Waals surface area contributed by atoms with Crippen LogP contribution in [-0.4, -0.2) is 17.9 Å². The second kappa shape index (κ2) is 8.29. The zero-order chi connectivity index (χ0) is 19.6. The van der Waals surface area contributed by atoms with Gasteiger partial charge in [0.2, 0.25) is 0 Å². The number of carbonyl (C=O) groups excluding carboxylic acids is 2. The number of fused-ring (bicyclic) bond motifs is 1. The molecule has 2 N–H and O–H groups in total. The van der Waals surface area contributed by atoms with Crippen molar-refractivity contribution in [1.82, 2.24) is 10.9 Å². The van der Waals surface area contributed by atoms with Crippen molar-refractivity contribution < 1.29 is 14.3 Å². The molecular formula is C19H16BrClN2O3S. The van der Waals surface area contributed by atoms with Gasteiger partial charge in [-0.05, 0) is 38.1 Å². The molecule has 0 radical (unpaired) electrons. The van der Waals surface area contributed by atoms with E-state index in [0.717, 1.165) is 14.6 Å². The number of carbonyl (C=O) groups is 2. The van der Waals surface area contributed by atoms with Gasteiger partial charge in [-0.25, -0.2) is 0 Å². The van der Waals surface area contributed by atoms with Gasteiger partial charge in [0, 0.05) is 14.6 Å². The van der Waals surface area contributed by atoms with Crippen molar-refractivity contribution in [1.29, 1.82) is 0 Å². The molecule has 0 aliphatic rings. The molecule has 0 aliphatic heterocycles. The van der Waals surface area contributed by atoms with Crippen molar-refractivity contribution in [2.45, 2.75) is 20.0 Å². The predicted octanol–water partition coefficient (Wildman–Crippen LogP) is 5.18. The van der Waals surface area contributed by atoms with Crippen molar-refractivity contribution in [2.75, 3.05) is 0 Å². The second-order valence-electron chi connectivity index (χ2n) is 5.96. The summed E-state index contributed by atoms with van der Waals surface area (Å²) in [6.45, 7) is 3.74. The average molecular weight is 468 g/mol. The highest BCUT2D eigenvalue weighted by molar-refractivity contribution is 9.10. The van der Waals surface area contributed by atoms with Crippen molar-refractivity contribution >= 4 is 60.8 Å². The second-order valence-corrected chi connectivity index (χ2v) is 8.30. The van der Waals surface area contributed by atoms with E-state index in [1.54, 1.807) is 18.2 Å². The number of rotatable bonds is 4. The zero-order valence-corrected chi connectivity index (χ0v) is 17.7. The fraction of sp³-hybridized carbons (Fsp3) is 0.158. The molecule has 27 heavy (non-hydrogen) atoms. The van der Waals surface area contributed by atoms with Gasteiger partial charge in [0.25, 0.3) is 11.8 Å². The van der Waals surface area contributed by atoms with E-state index in [1.807, 2.05) is 38.1 Å². The fourth-order valence-electron chi connectivity index (χ4n) is 2.43. The summed E-state index contributed by atoms with van der Waals surface area (Å²) in [6.07, 6.45) is -0.0929. The molecule has 3 aromatic rings. The van der Waals surface area contributed by atoms with Gasteiger partial charge in [0.15, 0.2) is 0 Å². The van der Waals surface area contributed by atoms with Gasteiger partial charge in [-0.3, -0.25) is 20.4 Å². The van der Waals surface area contributed by atoms with E-state index in [1.165, 1.54) is 11.3 Å². The maximum Gasteiger partial charge on any atom is 0.281 e. The monoisotopic (exact) mass is 466 g/mol. The van der Waals surface area contributed by atoms with Gasteiger partial charge in [0.05, 0.1) is 16.7 Å². The molecule has 2 amide bonds. The maximum atomic E-state index is 12.5. The van der Waals surface area contributed by atoms with Gasteiger partial charge in [-0.1, -0.05) is 45.7 Å². The van der Waals surface area contributed by atoms with Crippen molar-refractivity contribution in [3.63, 3.8) is 0 Å². The lowest BCUT2D eigenvalue weighted by atomic mass is 10.2. The highest BCUT2D eigenvalue weighted by Crippen LogP contribution is 2.34. The number of nitrogens with one attached hydrogen (secondary N) is 2. The topological polar surface area (TPSA) is 67.4 Å². The number of hydrogen-bond donors (Lipinski definition) is 2. The van der Waals surface area contributed by atoms with Gasteiger partial charge >= 0.3 is 0 Å². The summed E-state index contributed by atoms with van der Waals surface area (Å²) in [5, 5.41) is 1.17. The van der Waals surface area contributed by atoms with Crippen molar-refractivity contribution in [2.24, 2.45) is 0 Å². The van der Waals surface area contributed by atoms with Crippen molar-refractivity contribution in [3.05, 3.63) is 62.4 Å². The van der Waals surface area contributed by atoms with E-state index < -0.39 is 11.8 Å². The first-order valence-corrected chi connectivity index (χ1v) is 10.1. The molecule has 8 heteroatoms. The molecule has 0 saturated carbocycles. The van der Waals surface area contributed by atoms with Crippen LogP contribution in [0.3, 0.4) is 0 Å². The van der Waals surface area contributed by atoms with E-state index in [9.17, 15) is 9.59 Å². The largest absolute Gasteiger partial charge is 0.490 e. The third-order valence-electron chi connectivity index (χ3n) is 3.58. The summed E-state index contributed by atoms with van der Waals surface area (Å²) in [5.41, 5.74) is 5.14. The molecule has 0 bridgehead atoms. The van der Waals surface area contributed by atoms with Crippen LogP contribution < -0.4 is 15.6 Å². The number of benzene rings is 2. The molecule has 1 aromatic heterocycles. The summed E-state index contributed by atoms with van der Waals surface area (Å²) in [5.74, 6) is -0.534. The Morgan fingerprint density at radius 1 is 1.11 bits per heavy atom. The Labute approximate surface area is 173 Å². The first-order valence-electron chi connectivity index (χ1n) is 8.10. The summed E-state index contributed by atoms with van der Waals surface area (Å²) in [7, 11) is 0. The Morgan fingerprint density at radius 3 is 2.52 bits per heavy atom. The predicted molar refractivity (Wildman–Crippen MR) is 112 cm³/mol. The molecule has 1 heterocycles. The van der Waals surface area contributed by atoms with Crippen LogP contribution >= 0.6 is 38.9 Å². The minimum absolute atomic E-state index is 0.0929. The third kappa shape index (κ3) is 4.43. The van der Waals surface area contributed by atoms with Crippen LogP contribution in [0.5, 0.6) is 5.75 Å². The minimum Gasteiger partial charge on any atom is -0.490 e. The molecule has 5 nitrogen and oxygen atoms in total. The smallest absolute Gasteiger partial charge is 0.281 e. The molecule has 0 fully saturated rings. The molecular weight excluding hydrogens is 452 g/mol.